The Morgan fingerprint density at radius 1 is 1.00 bits per heavy atom. The minimum atomic E-state index is -0.402. The maximum absolute atomic E-state index is 6.07. The average Bonchev–Trinajstić information content (AvgIpc) is 1.96. The van der Waals surface area contributed by atoms with Crippen LogP contribution >= 0.6 is 73.6 Å². The van der Waals surface area contributed by atoms with Crippen LogP contribution in [-0.2, 0) is 0 Å². The van der Waals surface area contributed by atoms with Gasteiger partial charge in [0, 0.05) is 0 Å². The van der Waals surface area contributed by atoms with E-state index in [9.17, 15) is 0 Å². The zero-order valence-corrected chi connectivity index (χ0v) is 12.7. The van der Waals surface area contributed by atoms with Crippen molar-refractivity contribution in [1.29, 1.82) is 0 Å². The van der Waals surface area contributed by atoms with Crippen molar-refractivity contribution in [2.24, 2.45) is 0 Å². The van der Waals surface area contributed by atoms with Crippen LogP contribution in [-0.4, -0.2) is 20.9 Å². The van der Waals surface area contributed by atoms with Crippen LogP contribution in [0.25, 0.3) is 0 Å². The van der Waals surface area contributed by atoms with Crippen molar-refractivity contribution in [3.05, 3.63) is 0 Å². The van der Waals surface area contributed by atoms with Gasteiger partial charge in [0.15, 0.2) is 0 Å². The molecule has 0 aliphatic rings. The molecule has 0 saturated carbocycles. The summed E-state index contributed by atoms with van der Waals surface area (Å²) < 4.78 is 0.106. The first-order valence-corrected chi connectivity index (χ1v) is 8.81. The molecule has 0 aromatic heterocycles. The van der Waals surface area contributed by atoms with Gasteiger partial charge in [-0.25, -0.2) is 0 Å². The fraction of sp³-hybridized carbons (Fsp3) is 1.00. The Morgan fingerprint density at radius 2 is 1.33 bits per heavy atom. The van der Waals surface area contributed by atoms with Crippen molar-refractivity contribution in [2.75, 3.05) is 12.3 Å². The van der Waals surface area contributed by atoms with Gasteiger partial charge in [-0.2, -0.15) is 0 Å². The van der Waals surface area contributed by atoms with Gasteiger partial charge in [-0.1, -0.05) is 43.1 Å². The summed E-state index contributed by atoms with van der Waals surface area (Å²) in [5.41, 5.74) is 0. The molecule has 6 heteroatoms. The molecule has 74 valence electrons. The second-order valence-corrected chi connectivity index (χ2v) is 9.84. The lowest BCUT2D eigenvalue weighted by molar-refractivity contribution is 1.04. The molecule has 0 amide bonds. The molecule has 0 aliphatic heterocycles. The van der Waals surface area contributed by atoms with Crippen LogP contribution < -0.4 is 0 Å². The number of hydrogen-bond donors (Lipinski definition) is 0. The Morgan fingerprint density at radius 3 is 1.58 bits per heavy atom. The van der Waals surface area contributed by atoms with Gasteiger partial charge in [-0.05, 0) is 32.4 Å². The summed E-state index contributed by atoms with van der Waals surface area (Å²) in [6.45, 7) is 0. The van der Waals surface area contributed by atoms with Crippen LogP contribution in [0.1, 0.15) is 12.8 Å². The van der Waals surface area contributed by atoms with Crippen LogP contribution in [0.15, 0.2) is 0 Å². The molecule has 12 heavy (non-hydrogen) atoms. The quantitative estimate of drug-likeness (QED) is 0.433. The van der Waals surface area contributed by atoms with Crippen molar-refractivity contribution in [1.82, 2.24) is 0 Å². The number of hydrogen-bond acceptors (Lipinski definition) is 0. The first kappa shape index (κ1) is 14.3. The molecule has 2 unspecified atom stereocenters. The lowest BCUT2D eigenvalue weighted by Crippen LogP contribution is -1.94. The molecule has 0 spiro atoms. The van der Waals surface area contributed by atoms with E-state index in [2.05, 4.69) is 31.9 Å². The van der Waals surface area contributed by atoms with Crippen LogP contribution in [0.3, 0.4) is 0 Å². The summed E-state index contributed by atoms with van der Waals surface area (Å²) in [4.78, 5) is 0. The Hall–Kier alpha value is 2.26. The van der Waals surface area contributed by atoms with E-state index in [1.165, 1.54) is 0 Å². The van der Waals surface area contributed by atoms with Gasteiger partial charge in [-0.15, -0.1) is 23.2 Å². The van der Waals surface area contributed by atoms with Crippen molar-refractivity contribution in [3.63, 3.8) is 0 Å². The van der Waals surface area contributed by atoms with Gasteiger partial charge >= 0.3 is 0 Å². The van der Waals surface area contributed by atoms with Gasteiger partial charge in [0.25, 0.3) is 0 Å². The average molecular weight is 379 g/mol. The lowest BCUT2D eigenvalue weighted by atomic mass is 10.6. The van der Waals surface area contributed by atoms with Gasteiger partial charge in [0.1, 0.15) is 0 Å². The molecule has 0 heterocycles. The molecular formula is C6H10Br2Cl3P. The monoisotopic (exact) mass is 376 g/mol. The summed E-state index contributed by atoms with van der Waals surface area (Å²) in [7, 11) is -0.402. The van der Waals surface area contributed by atoms with E-state index in [4.69, 9.17) is 34.4 Å². The summed E-state index contributed by atoms with van der Waals surface area (Å²) in [6.07, 6.45) is 3.83. The molecule has 0 fully saturated rings. The van der Waals surface area contributed by atoms with E-state index in [0.29, 0.717) is 0 Å². The molecule has 0 aromatic carbocycles. The standard InChI is InChI=1S/C6H10Br2Cl3P/c7-5(9)1-3-12(11)4-2-6(8)10/h5-6H,1-4H2. The summed E-state index contributed by atoms with van der Waals surface area (Å²) in [5.74, 6) is 0. The van der Waals surface area contributed by atoms with Crippen LogP contribution in [0.4, 0.5) is 0 Å². The Labute approximate surface area is 107 Å². The summed E-state index contributed by atoms with van der Waals surface area (Å²) in [5, 5.41) is 0. The minimum Gasteiger partial charge on any atom is -0.110 e. The predicted octanol–water partition coefficient (Wildman–Crippen LogP) is 5.32. The fourth-order valence-electron chi connectivity index (χ4n) is 0.587. The van der Waals surface area contributed by atoms with Gasteiger partial charge < -0.3 is 0 Å². The molecule has 0 N–H and O–H groups in total. The van der Waals surface area contributed by atoms with E-state index in [0.717, 1.165) is 25.2 Å². The van der Waals surface area contributed by atoms with E-state index >= 15 is 0 Å². The molecule has 0 saturated heterocycles. The van der Waals surface area contributed by atoms with E-state index in [1.807, 2.05) is 0 Å². The third-order valence-electron chi connectivity index (χ3n) is 1.18. The predicted molar refractivity (Wildman–Crippen MR) is 68.9 cm³/mol. The van der Waals surface area contributed by atoms with Crippen LogP contribution in [0.2, 0.25) is 0 Å². The second kappa shape index (κ2) is 8.56. The first-order valence-electron chi connectivity index (χ1n) is 3.49. The maximum Gasteiger partial charge on any atom is 0.0890 e. The van der Waals surface area contributed by atoms with E-state index in [1.54, 1.807) is 0 Å². The van der Waals surface area contributed by atoms with Gasteiger partial charge in [0.2, 0.25) is 0 Å². The molecular weight excluding hydrogens is 369 g/mol. The smallest absolute Gasteiger partial charge is 0.0890 e. The highest BCUT2D eigenvalue weighted by molar-refractivity contribution is 9.10. The van der Waals surface area contributed by atoms with E-state index in [-0.39, 0.29) is 8.57 Å². The largest absolute Gasteiger partial charge is 0.110 e. The molecule has 2 atom stereocenters. The van der Waals surface area contributed by atoms with Crippen molar-refractivity contribution < 1.29 is 0 Å². The Bertz CT molecular complexity index is 101. The topological polar surface area (TPSA) is 0 Å². The molecule has 0 nitrogen and oxygen atoms in total. The number of rotatable bonds is 6. The molecule has 0 aromatic rings. The molecule has 0 rings (SSSR count). The van der Waals surface area contributed by atoms with Crippen LogP contribution in [0.5, 0.6) is 0 Å². The van der Waals surface area contributed by atoms with E-state index < -0.39 is 7.27 Å². The maximum atomic E-state index is 6.07. The number of alkyl halides is 4. The van der Waals surface area contributed by atoms with Gasteiger partial charge in [-0.3, -0.25) is 0 Å². The third kappa shape index (κ3) is 10.3. The normalized spacial score (nSPS) is 18.8. The minimum absolute atomic E-state index is 0.0528. The van der Waals surface area contributed by atoms with Gasteiger partial charge in [0.05, 0.1) is 8.57 Å². The number of halogens is 5. The first-order chi connectivity index (χ1) is 5.52. The Balaban J connectivity index is 3.27. The molecule has 0 radical (unpaired) electrons. The Kier molecular flexibility index (Phi) is 10.2. The van der Waals surface area contributed by atoms with Crippen LogP contribution in [0, 0.1) is 0 Å². The lowest BCUT2D eigenvalue weighted by Gasteiger charge is -2.09. The zero-order chi connectivity index (χ0) is 9.56. The van der Waals surface area contributed by atoms with Crippen molar-refractivity contribution in [2.45, 2.75) is 21.4 Å². The highest BCUT2D eigenvalue weighted by Crippen LogP contribution is 2.44. The highest BCUT2D eigenvalue weighted by atomic mass is 79.9. The van der Waals surface area contributed by atoms with Crippen molar-refractivity contribution >= 4 is 73.6 Å². The second-order valence-electron chi connectivity index (χ2n) is 2.27. The summed E-state index contributed by atoms with van der Waals surface area (Å²) in [6, 6.07) is 0. The summed E-state index contributed by atoms with van der Waals surface area (Å²) >= 11 is 24.0. The zero-order valence-electron chi connectivity index (χ0n) is 6.32. The highest BCUT2D eigenvalue weighted by Gasteiger charge is 2.08. The molecule has 0 aliphatic carbocycles. The SMILES string of the molecule is ClC(Br)CCP(Cl)CCC(Cl)Br. The molecule has 0 bridgehead atoms. The fourth-order valence-corrected chi connectivity index (χ4v) is 4.16. The van der Waals surface area contributed by atoms with Crippen molar-refractivity contribution in [3.8, 4) is 0 Å². The third-order valence-corrected chi connectivity index (χ3v) is 5.03.